The molecule has 0 saturated heterocycles. The minimum atomic E-state index is -4.74. The molecule has 2 aromatic carbocycles. The number of furan rings is 1. The minimum Gasteiger partial charge on any atom is -0.459 e. The number of nitrogens with one attached hydrogen (secondary N) is 3. The summed E-state index contributed by atoms with van der Waals surface area (Å²) in [5, 5.41) is 4.97. The van der Waals surface area contributed by atoms with Crippen molar-refractivity contribution in [1.29, 1.82) is 0 Å². The fourth-order valence-electron chi connectivity index (χ4n) is 2.62. The van der Waals surface area contributed by atoms with Crippen LogP contribution >= 0.6 is 11.6 Å². The molecule has 0 aliphatic carbocycles. The number of carbonyl (C=O) groups is 2. The molecular formula is C21H16ClF3N4O5S. The molecule has 0 fully saturated rings. The molecule has 3 aromatic rings. The summed E-state index contributed by atoms with van der Waals surface area (Å²) in [6.07, 6.45) is -3.70. The average molecular weight is 529 g/mol. The lowest BCUT2D eigenvalue weighted by Gasteiger charge is -2.11. The Balaban J connectivity index is 1.53. The molecule has 2 amide bonds. The lowest BCUT2D eigenvalue weighted by Crippen LogP contribution is -2.32. The highest BCUT2D eigenvalue weighted by Crippen LogP contribution is 2.36. The zero-order valence-corrected chi connectivity index (χ0v) is 19.0. The second kappa shape index (κ2) is 10.7. The largest absolute Gasteiger partial charge is 0.459 e. The number of anilines is 1. The molecule has 3 rings (SSSR count). The van der Waals surface area contributed by atoms with Gasteiger partial charge in [0.1, 0.15) is 11.5 Å². The second-order valence-electron chi connectivity index (χ2n) is 6.79. The fourth-order valence-corrected chi connectivity index (χ4v) is 3.86. The van der Waals surface area contributed by atoms with Gasteiger partial charge in [0, 0.05) is 5.69 Å². The Morgan fingerprint density at radius 2 is 1.74 bits per heavy atom. The zero-order valence-electron chi connectivity index (χ0n) is 17.5. The van der Waals surface area contributed by atoms with E-state index in [9.17, 15) is 31.2 Å². The number of rotatable bonds is 7. The van der Waals surface area contributed by atoms with E-state index in [4.69, 9.17) is 16.0 Å². The van der Waals surface area contributed by atoms with E-state index in [1.54, 1.807) is 18.2 Å². The van der Waals surface area contributed by atoms with Crippen molar-refractivity contribution in [2.45, 2.75) is 17.6 Å². The molecule has 0 atom stereocenters. The average Bonchev–Trinajstić information content (AvgIpc) is 3.26. The summed E-state index contributed by atoms with van der Waals surface area (Å²) in [6, 6.07) is 13.3. The van der Waals surface area contributed by atoms with Gasteiger partial charge in [-0.1, -0.05) is 29.8 Å². The van der Waals surface area contributed by atoms with Crippen LogP contribution in [0.5, 0.6) is 0 Å². The minimum absolute atomic E-state index is 0.0857. The highest BCUT2D eigenvalue weighted by atomic mass is 35.5. The Kier molecular flexibility index (Phi) is 7.94. The highest BCUT2D eigenvalue weighted by molar-refractivity contribution is 7.89. The third kappa shape index (κ3) is 7.15. The lowest BCUT2D eigenvalue weighted by atomic mass is 10.2. The first-order valence-electron chi connectivity index (χ1n) is 9.60. The molecule has 184 valence electrons. The van der Waals surface area contributed by atoms with Gasteiger partial charge >= 0.3 is 18.0 Å². The van der Waals surface area contributed by atoms with Crippen LogP contribution in [0.1, 0.15) is 17.1 Å². The van der Waals surface area contributed by atoms with Crippen LogP contribution < -0.4 is 15.5 Å². The van der Waals surface area contributed by atoms with Crippen LogP contribution in [0.2, 0.25) is 5.02 Å². The van der Waals surface area contributed by atoms with Gasteiger partial charge in [0.05, 0.1) is 28.2 Å². The summed E-state index contributed by atoms with van der Waals surface area (Å²) in [4.78, 5) is 23.8. The van der Waals surface area contributed by atoms with E-state index in [-0.39, 0.29) is 28.6 Å². The van der Waals surface area contributed by atoms with Gasteiger partial charge in [-0.25, -0.2) is 18.6 Å². The number of sulfonamides is 1. The number of halogens is 4. The van der Waals surface area contributed by atoms with Gasteiger partial charge in [0.15, 0.2) is 0 Å². The van der Waals surface area contributed by atoms with Crippen molar-refractivity contribution >= 4 is 45.3 Å². The van der Waals surface area contributed by atoms with Crippen LogP contribution in [0.4, 0.5) is 18.9 Å². The predicted molar refractivity (Wildman–Crippen MR) is 120 cm³/mol. The Hall–Kier alpha value is -3.68. The molecule has 1 aromatic heterocycles. The van der Waals surface area contributed by atoms with Crippen LogP contribution in [-0.4, -0.2) is 26.4 Å². The first kappa shape index (κ1) is 25.9. The first-order valence-corrected chi connectivity index (χ1v) is 11.5. The van der Waals surface area contributed by atoms with Gasteiger partial charge in [0.2, 0.25) is 10.0 Å². The van der Waals surface area contributed by atoms with Crippen LogP contribution in [0, 0.1) is 0 Å². The molecule has 3 N–H and O–H groups in total. The van der Waals surface area contributed by atoms with Crippen LogP contribution in [0.3, 0.4) is 0 Å². The molecule has 9 nitrogen and oxygen atoms in total. The third-order valence-electron chi connectivity index (χ3n) is 4.27. The first-order chi connectivity index (χ1) is 16.5. The molecule has 0 spiro atoms. The molecule has 0 saturated carbocycles. The molecule has 0 bridgehead atoms. The number of amides is 2. The second-order valence-corrected chi connectivity index (χ2v) is 8.96. The van der Waals surface area contributed by atoms with E-state index in [0.717, 1.165) is 18.3 Å². The van der Waals surface area contributed by atoms with E-state index in [0.29, 0.717) is 6.07 Å². The van der Waals surface area contributed by atoms with Gasteiger partial charge in [-0.15, -0.1) is 0 Å². The van der Waals surface area contributed by atoms with Crippen LogP contribution in [0.25, 0.3) is 0 Å². The highest BCUT2D eigenvalue weighted by Gasteiger charge is 2.33. The molecule has 35 heavy (non-hydrogen) atoms. The normalized spacial score (nSPS) is 12.0. The monoisotopic (exact) mass is 528 g/mol. The smallest absolute Gasteiger partial charge is 0.417 e. The molecular weight excluding hydrogens is 513 g/mol. The SMILES string of the molecule is O=C(N/N=C/c1ccc(CNS(=O)(=O)c2ccccc2)o1)C(=O)Nc1ccc(Cl)c(C(F)(F)F)c1. The quantitative estimate of drug-likeness (QED) is 0.245. The Bertz CT molecular complexity index is 1360. The van der Waals surface area contributed by atoms with Crippen LogP contribution in [0.15, 0.2) is 75.1 Å². The van der Waals surface area contributed by atoms with Crippen molar-refractivity contribution < 1.29 is 35.6 Å². The Morgan fingerprint density at radius 1 is 1.03 bits per heavy atom. The number of hydrazone groups is 1. The van der Waals surface area contributed by atoms with E-state index < -0.39 is 38.6 Å². The van der Waals surface area contributed by atoms with E-state index >= 15 is 0 Å². The topological polar surface area (TPSA) is 130 Å². The summed E-state index contributed by atoms with van der Waals surface area (Å²) in [5.41, 5.74) is 0.430. The number of carbonyl (C=O) groups excluding carboxylic acids is 2. The summed E-state index contributed by atoms with van der Waals surface area (Å²) in [7, 11) is -3.74. The summed E-state index contributed by atoms with van der Waals surface area (Å²) < 4.78 is 70.9. The van der Waals surface area contributed by atoms with Gasteiger partial charge in [-0.05, 0) is 42.5 Å². The van der Waals surface area contributed by atoms with Crippen molar-refractivity contribution in [2.75, 3.05) is 5.32 Å². The molecule has 0 radical (unpaired) electrons. The maximum Gasteiger partial charge on any atom is 0.417 e. The third-order valence-corrected chi connectivity index (χ3v) is 6.01. The molecule has 0 aliphatic heterocycles. The lowest BCUT2D eigenvalue weighted by molar-refractivity contribution is -0.137. The number of benzene rings is 2. The van der Waals surface area contributed by atoms with Crippen molar-refractivity contribution in [2.24, 2.45) is 5.10 Å². The zero-order chi connectivity index (χ0) is 25.6. The maximum absolute atomic E-state index is 12.9. The van der Waals surface area contributed by atoms with Crippen molar-refractivity contribution in [3.63, 3.8) is 0 Å². The predicted octanol–water partition coefficient (Wildman–Crippen LogP) is 3.52. The molecule has 14 heteroatoms. The van der Waals surface area contributed by atoms with Gasteiger partial charge in [-0.2, -0.15) is 18.3 Å². The number of hydrogen-bond acceptors (Lipinski definition) is 6. The summed E-state index contributed by atoms with van der Waals surface area (Å²) in [5.74, 6) is -2.15. The van der Waals surface area contributed by atoms with E-state index in [1.807, 2.05) is 10.7 Å². The molecule has 1 heterocycles. The Labute approximate surface area is 202 Å². The van der Waals surface area contributed by atoms with Gasteiger partial charge in [-0.3, -0.25) is 9.59 Å². The molecule has 0 aliphatic rings. The van der Waals surface area contributed by atoms with E-state index in [1.165, 1.54) is 24.3 Å². The van der Waals surface area contributed by atoms with Gasteiger partial charge < -0.3 is 9.73 Å². The number of alkyl halides is 3. The Morgan fingerprint density at radius 3 is 2.43 bits per heavy atom. The number of nitrogens with zero attached hydrogens (tertiary/aromatic N) is 1. The van der Waals surface area contributed by atoms with Crippen molar-refractivity contribution in [1.82, 2.24) is 10.1 Å². The fraction of sp³-hybridized carbons (Fsp3) is 0.0952. The molecule has 0 unspecified atom stereocenters. The summed E-state index contributed by atoms with van der Waals surface area (Å²) >= 11 is 5.50. The standard InChI is InChI=1S/C21H16ClF3N4O5S/c22-18-9-6-13(10-17(18)21(23,24)25)28-19(30)20(31)29-26-11-14-7-8-15(34-14)12-27-35(32,33)16-4-2-1-3-5-16/h1-11,27H,12H2,(H,28,30)(H,29,31)/b26-11+. The van der Waals surface area contributed by atoms with Gasteiger partial charge in [0.25, 0.3) is 0 Å². The van der Waals surface area contributed by atoms with E-state index in [2.05, 4.69) is 9.82 Å². The van der Waals surface area contributed by atoms with Crippen molar-refractivity contribution in [3.8, 4) is 0 Å². The van der Waals surface area contributed by atoms with Crippen molar-refractivity contribution in [3.05, 3.63) is 82.8 Å². The van der Waals surface area contributed by atoms with Crippen LogP contribution in [-0.2, 0) is 32.3 Å². The maximum atomic E-state index is 12.9. The summed E-state index contributed by atoms with van der Waals surface area (Å²) in [6.45, 7) is -0.152. The number of hydrogen-bond donors (Lipinski definition) is 3.